The molecule has 1 amide bonds. The molecule has 8 nitrogen and oxygen atoms in total. The van der Waals surface area contributed by atoms with Gasteiger partial charge in [0, 0.05) is 6.42 Å². The molecule has 0 aliphatic carbocycles. The fourth-order valence-electron chi connectivity index (χ4n) is 4.15. The van der Waals surface area contributed by atoms with Gasteiger partial charge in [-0.2, -0.15) is 0 Å². The maximum Gasteiger partial charge on any atom is 0.268 e. The van der Waals surface area contributed by atoms with Crippen molar-refractivity contribution in [1.29, 1.82) is 0 Å². The Morgan fingerprint density at radius 1 is 0.872 bits per heavy atom. The van der Waals surface area contributed by atoms with Crippen LogP contribution in [0.15, 0.2) is 12.2 Å². The quantitative estimate of drug-likeness (QED) is 0.0517. The predicted octanol–water partition coefficient (Wildman–Crippen LogP) is 6.27. The molecule has 0 aromatic carbocycles. The number of allylic oxidation sites excluding steroid dienone is 1. The van der Waals surface area contributed by atoms with Gasteiger partial charge in [0.2, 0.25) is 5.91 Å². The Morgan fingerprint density at radius 3 is 1.92 bits per heavy atom. The molecule has 0 heterocycles. The highest BCUT2D eigenvalue weighted by atomic mass is 31.2. The summed E-state index contributed by atoms with van der Waals surface area (Å²) >= 11 is 0. The van der Waals surface area contributed by atoms with E-state index < -0.39 is 20.0 Å². The topological polar surface area (TPSA) is 108 Å². The van der Waals surface area contributed by atoms with E-state index in [1.54, 1.807) is 6.08 Å². The predicted molar refractivity (Wildman–Crippen MR) is 159 cm³/mol. The lowest BCUT2D eigenvalue weighted by atomic mass is 10.1. The first-order chi connectivity index (χ1) is 18.5. The Labute approximate surface area is 240 Å². The largest absolute Gasteiger partial charge is 0.756 e. The zero-order chi connectivity index (χ0) is 29.4. The molecule has 0 aromatic rings. The monoisotopic (exact) mass is 576 g/mol. The maximum absolute atomic E-state index is 12.5. The minimum atomic E-state index is -4.56. The lowest BCUT2D eigenvalue weighted by molar-refractivity contribution is -0.870. The Kier molecular flexibility index (Phi) is 23.4. The van der Waals surface area contributed by atoms with Gasteiger partial charge in [0.05, 0.1) is 39.9 Å². The van der Waals surface area contributed by atoms with E-state index >= 15 is 0 Å². The number of likely N-dealkylation sites (N-methyl/N-ethyl adjacent to an activating group) is 1. The van der Waals surface area contributed by atoms with Gasteiger partial charge in [0.15, 0.2) is 0 Å². The van der Waals surface area contributed by atoms with Crippen molar-refractivity contribution in [1.82, 2.24) is 5.32 Å². The normalized spacial score (nSPS) is 15.4. The van der Waals surface area contributed by atoms with Crippen LogP contribution < -0.4 is 10.2 Å². The lowest BCUT2D eigenvalue weighted by Gasteiger charge is -2.29. The number of carbonyl (C=O) groups is 1. The molecule has 0 radical (unpaired) electrons. The molecule has 0 aromatic heterocycles. The first-order valence-electron chi connectivity index (χ1n) is 15.6. The standard InChI is InChI=1S/C30H61N2O6P/c1-6-8-10-12-14-15-16-17-18-19-21-23-29(33)28(31-30(34)24-22-20-13-11-9-7-2)27-38-39(35,36)37-26-25-32(3,4)5/h21,23,28-29,33H,6-20,22,24-27H2,1-5H3,(H-,31,34,35,36)/b23-21+. The SMILES string of the molecule is CCCCCCCCCCC/C=C/C(O)C(COP(=O)([O-])OCC[N+](C)(C)C)NC(=O)CCCCCCCC. The second-order valence-electron chi connectivity index (χ2n) is 11.8. The van der Waals surface area contributed by atoms with E-state index in [9.17, 15) is 19.4 Å². The van der Waals surface area contributed by atoms with Gasteiger partial charge >= 0.3 is 0 Å². The molecular weight excluding hydrogens is 515 g/mol. The summed E-state index contributed by atoms with van der Waals surface area (Å²) in [5.74, 6) is -0.211. The van der Waals surface area contributed by atoms with Crippen LogP contribution in [0.5, 0.6) is 0 Å². The van der Waals surface area contributed by atoms with Gasteiger partial charge in [-0.3, -0.25) is 9.36 Å². The number of carbonyl (C=O) groups excluding carboxylic acids is 1. The molecule has 0 aliphatic heterocycles. The van der Waals surface area contributed by atoms with E-state index in [4.69, 9.17) is 9.05 Å². The van der Waals surface area contributed by atoms with E-state index in [1.807, 2.05) is 27.2 Å². The highest BCUT2D eigenvalue weighted by Gasteiger charge is 2.23. The van der Waals surface area contributed by atoms with Crippen molar-refractivity contribution in [3.63, 3.8) is 0 Å². The van der Waals surface area contributed by atoms with Crippen molar-refractivity contribution in [2.75, 3.05) is 40.9 Å². The Hall–Kier alpha value is -0.760. The Balaban J connectivity index is 4.66. The van der Waals surface area contributed by atoms with Crippen molar-refractivity contribution in [2.45, 2.75) is 135 Å². The zero-order valence-corrected chi connectivity index (χ0v) is 26.7. The first kappa shape index (κ1) is 38.2. The van der Waals surface area contributed by atoms with Crippen LogP contribution in [0.2, 0.25) is 0 Å². The Bertz CT molecular complexity index is 668. The van der Waals surface area contributed by atoms with E-state index in [2.05, 4.69) is 19.2 Å². The average molecular weight is 577 g/mol. The number of quaternary nitrogens is 1. The third kappa shape index (κ3) is 25.9. The van der Waals surface area contributed by atoms with Crippen LogP contribution in [0.1, 0.15) is 123 Å². The van der Waals surface area contributed by atoms with Crippen LogP contribution in [0.3, 0.4) is 0 Å². The third-order valence-electron chi connectivity index (χ3n) is 6.75. The number of aliphatic hydroxyl groups excluding tert-OH is 1. The molecule has 39 heavy (non-hydrogen) atoms. The summed E-state index contributed by atoms with van der Waals surface area (Å²) in [5, 5.41) is 13.5. The van der Waals surface area contributed by atoms with Gasteiger partial charge in [-0.1, -0.05) is 109 Å². The number of rotatable bonds is 27. The zero-order valence-electron chi connectivity index (χ0n) is 25.8. The summed E-state index contributed by atoms with van der Waals surface area (Å²) in [6, 6.07) is -0.874. The molecular formula is C30H61N2O6P. The molecule has 2 N–H and O–H groups in total. The highest BCUT2D eigenvalue weighted by molar-refractivity contribution is 7.45. The maximum atomic E-state index is 12.5. The number of unbranched alkanes of at least 4 members (excludes halogenated alkanes) is 14. The van der Waals surface area contributed by atoms with Crippen molar-refractivity contribution in [2.24, 2.45) is 0 Å². The minimum absolute atomic E-state index is 0.000527. The molecule has 0 aliphatic rings. The summed E-state index contributed by atoms with van der Waals surface area (Å²) in [6.45, 7) is 4.52. The van der Waals surface area contributed by atoms with Crippen molar-refractivity contribution >= 4 is 13.7 Å². The molecule has 0 rings (SSSR count). The second kappa shape index (κ2) is 23.9. The molecule has 3 unspecified atom stereocenters. The number of nitrogens with one attached hydrogen (secondary N) is 1. The number of hydrogen-bond acceptors (Lipinski definition) is 6. The van der Waals surface area contributed by atoms with Crippen LogP contribution >= 0.6 is 7.82 Å². The summed E-state index contributed by atoms with van der Waals surface area (Å²) in [7, 11) is 1.26. The number of nitrogens with zero attached hydrogens (tertiary/aromatic N) is 1. The number of hydrogen-bond donors (Lipinski definition) is 2. The van der Waals surface area contributed by atoms with E-state index in [0.717, 1.165) is 38.5 Å². The number of aliphatic hydroxyl groups is 1. The van der Waals surface area contributed by atoms with Crippen LogP contribution in [-0.4, -0.2) is 68.5 Å². The average Bonchev–Trinajstić information content (AvgIpc) is 2.86. The van der Waals surface area contributed by atoms with E-state index in [1.165, 1.54) is 64.2 Å². The number of amides is 1. The Morgan fingerprint density at radius 2 is 1.38 bits per heavy atom. The fourth-order valence-corrected chi connectivity index (χ4v) is 4.87. The number of phosphoric ester groups is 1. The van der Waals surface area contributed by atoms with Crippen molar-refractivity contribution in [3.05, 3.63) is 12.2 Å². The fraction of sp³-hybridized carbons (Fsp3) is 0.900. The van der Waals surface area contributed by atoms with Crippen LogP contribution in [-0.2, 0) is 18.4 Å². The molecule has 0 bridgehead atoms. The molecule has 0 fully saturated rings. The summed E-state index contributed by atoms with van der Waals surface area (Å²) in [6.07, 6.45) is 21.3. The molecule has 232 valence electrons. The summed E-state index contributed by atoms with van der Waals surface area (Å²) < 4.78 is 22.8. The van der Waals surface area contributed by atoms with E-state index in [-0.39, 0.29) is 19.1 Å². The van der Waals surface area contributed by atoms with Crippen LogP contribution in [0, 0.1) is 0 Å². The van der Waals surface area contributed by atoms with E-state index in [0.29, 0.717) is 17.4 Å². The highest BCUT2D eigenvalue weighted by Crippen LogP contribution is 2.38. The molecule has 0 spiro atoms. The van der Waals surface area contributed by atoms with Gasteiger partial charge in [0.1, 0.15) is 13.2 Å². The van der Waals surface area contributed by atoms with Gasteiger partial charge in [-0.25, -0.2) is 0 Å². The van der Waals surface area contributed by atoms with Crippen molar-refractivity contribution in [3.8, 4) is 0 Å². The first-order valence-corrected chi connectivity index (χ1v) is 17.0. The lowest BCUT2D eigenvalue weighted by Crippen LogP contribution is -2.45. The minimum Gasteiger partial charge on any atom is -0.756 e. The molecule has 9 heteroatoms. The second-order valence-corrected chi connectivity index (χ2v) is 13.2. The molecule has 0 saturated carbocycles. The molecule has 3 atom stereocenters. The van der Waals surface area contributed by atoms with Crippen LogP contribution in [0.25, 0.3) is 0 Å². The smallest absolute Gasteiger partial charge is 0.268 e. The summed E-state index contributed by atoms with van der Waals surface area (Å²) in [5.41, 5.74) is 0. The van der Waals surface area contributed by atoms with Gasteiger partial charge < -0.3 is 28.8 Å². The van der Waals surface area contributed by atoms with Crippen LogP contribution in [0.4, 0.5) is 0 Å². The van der Waals surface area contributed by atoms with Crippen molar-refractivity contribution < 1.29 is 32.9 Å². The van der Waals surface area contributed by atoms with Gasteiger partial charge in [-0.05, 0) is 19.3 Å². The summed E-state index contributed by atoms with van der Waals surface area (Å²) in [4.78, 5) is 24.8. The third-order valence-corrected chi connectivity index (χ3v) is 7.71. The molecule has 0 saturated heterocycles. The number of phosphoric acid groups is 1. The van der Waals surface area contributed by atoms with Gasteiger partial charge in [0.25, 0.3) is 7.82 Å². The van der Waals surface area contributed by atoms with Gasteiger partial charge in [-0.15, -0.1) is 0 Å².